The van der Waals surface area contributed by atoms with Gasteiger partial charge in [-0.25, -0.2) is 0 Å². The first-order valence-electron chi connectivity index (χ1n) is 6.60. The molecular formula is C15H20BrN3. The molecule has 0 aliphatic rings. The summed E-state index contributed by atoms with van der Waals surface area (Å²) < 4.78 is 3.07. The van der Waals surface area contributed by atoms with Crippen LogP contribution in [0.4, 0.5) is 0 Å². The Kier molecular flexibility index (Phi) is 4.77. The van der Waals surface area contributed by atoms with E-state index in [1.54, 1.807) is 0 Å². The number of halogens is 1. The van der Waals surface area contributed by atoms with Gasteiger partial charge in [0.2, 0.25) is 0 Å². The molecule has 0 unspecified atom stereocenters. The third kappa shape index (κ3) is 3.67. The molecule has 1 N–H and O–H groups in total. The molecule has 2 aromatic rings. The standard InChI is InChI=1S/C15H20BrN3/c1-4-14-9-15(19(3)18-14)10-17-11(2)12-5-7-13(16)8-6-12/h5-9,11,17H,4,10H2,1-3H3/t11-/m0/s1. The highest BCUT2D eigenvalue weighted by Gasteiger charge is 2.07. The minimum Gasteiger partial charge on any atom is -0.305 e. The normalized spacial score (nSPS) is 12.6. The van der Waals surface area contributed by atoms with Crippen LogP contribution in [0, 0.1) is 0 Å². The summed E-state index contributed by atoms with van der Waals surface area (Å²) in [6.07, 6.45) is 0.982. The van der Waals surface area contributed by atoms with E-state index in [0.29, 0.717) is 6.04 Å². The van der Waals surface area contributed by atoms with E-state index in [1.807, 2.05) is 11.7 Å². The zero-order valence-corrected chi connectivity index (χ0v) is 13.2. The van der Waals surface area contributed by atoms with Gasteiger partial charge in [-0.05, 0) is 37.1 Å². The third-order valence-corrected chi connectivity index (χ3v) is 3.88. The highest BCUT2D eigenvalue weighted by atomic mass is 79.9. The van der Waals surface area contributed by atoms with Gasteiger partial charge in [-0.3, -0.25) is 4.68 Å². The van der Waals surface area contributed by atoms with Gasteiger partial charge >= 0.3 is 0 Å². The van der Waals surface area contributed by atoms with Gasteiger partial charge in [0.15, 0.2) is 0 Å². The van der Waals surface area contributed by atoms with Crippen LogP contribution in [-0.4, -0.2) is 9.78 Å². The Morgan fingerprint density at radius 3 is 2.58 bits per heavy atom. The summed E-state index contributed by atoms with van der Waals surface area (Å²) in [5.74, 6) is 0. The summed E-state index contributed by atoms with van der Waals surface area (Å²) in [5.41, 5.74) is 3.66. The number of nitrogens with zero attached hydrogens (tertiary/aromatic N) is 2. The molecule has 0 aliphatic heterocycles. The molecule has 0 bridgehead atoms. The Balaban J connectivity index is 1.97. The Bertz CT molecular complexity index is 531. The van der Waals surface area contributed by atoms with E-state index in [2.05, 4.69) is 70.5 Å². The third-order valence-electron chi connectivity index (χ3n) is 3.35. The fraction of sp³-hybridized carbons (Fsp3) is 0.400. The van der Waals surface area contributed by atoms with Crippen molar-refractivity contribution in [1.82, 2.24) is 15.1 Å². The Morgan fingerprint density at radius 1 is 1.32 bits per heavy atom. The van der Waals surface area contributed by atoms with E-state index in [0.717, 1.165) is 23.1 Å². The number of hydrogen-bond donors (Lipinski definition) is 1. The maximum absolute atomic E-state index is 4.46. The molecule has 19 heavy (non-hydrogen) atoms. The van der Waals surface area contributed by atoms with Gasteiger partial charge in [-0.2, -0.15) is 5.10 Å². The van der Waals surface area contributed by atoms with Crippen LogP contribution in [0.5, 0.6) is 0 Å². The number of nitrogens with one attached hydrogen (secondary N) is 1. The Hall–Kier alpha value is -1.13. The van der Waals surface area contributed by atoms with Gasteiger partial charge < -0.3 is 5.32 Å². The number of hydrogen-bond acceptors (Lipinski definition) is 2. The van der Waals surface area contributed by atoms with Crippen LogP contribution < -0.4 is 5.32 Å². The van der Waals surface area contributed by atoms with Crippen molar-refractivity contribution in [2.24, 2.45) is 7.05 Å². The summed E-state index contributed by atoms with van der Waals surface area (Å²) in [6.45, 7) is 5.14. The summed E-state index contributed by atoms with van der Waals surface area (Å²) in [7, 11) is 2.00. The second-order valence-corrected chi connectivity index (χ2v) is 5.67. The maximum atomic E-state index is 4.46. The monoisotopic (exact) mass is 321 g/mol. The van der Waals surface area contributed by atoms with Crippen LogP contribution in [0.15, 0.2) is 34.8 Å². The fourth-order valence-electron chi connectivity index (χ4n) is 2.04. The molecule has 0 amide bonds. The number of rotatable bonds is 5. The average Bonchev–Trinajstić information content (AvgIpc) is 2.77. The molecule has 102 valence electrons. The van der Waals surface area contributed by atoms with Crippen molar-refractivity contribution in [3.05, 3.63) is 51.8 Å². The predicted octanol–water partition coefficient (Wildman–Crippen LogP) is 3.60. The van der Waals surface area contributed by atoms with Crippen LogP contribution in [0.1, 0.15) is 36.8 Å². The minimum absolute atomic E-state index is 0.327. The van der Waals surface area contributed by atoms with Crippen molar-refractivity contribution in [3.8, 4) is 0 Å². The van der Waals surface area contributed by atoms with E-state index in [1.165, 1.54) is 11.3 Å². The molecule has 0 spiro atoms. The molecule has 0 radical (unpaired) electrons. The lowest BCUT2D eigenvalue weighted by molar-refractivity contribution is 0.547. The van der Waals surface area contributed by atoms with Crippen molar-refractivity contribution in [3.63, 3.8) is 0 Å². The fourth-order valence-corrected chi connectivity index (χ4v) is 2.30. The molecular weight excluding hydrogens is 302 g/mol. The summed E-state index contributed by atoms with van der Waals surface area (Å²) in [6, 6.07) is 10.9. The first-order valence-corrected chi connectivity index (χ1v) is 7.40. The molecule has 1 aromatic carbocycles. The van der Waals surface area contributed by atoms with E-state index in [9.17, 15) is 0 Å². The predicted molar refractivity (Wildman–Crippen MR) is 82.0 cm³/mol. The lowest BCUT2D eigenvalue weighted by Gasteiger charge is -2.14. The van der Waals surface area contributed by atoms with Gasteiger partial charge in [0.25, 0.3) is 0 Å². The second-order valence-electron chi connectivity index (χ2n) is 4.76. The van der Waals surface area contributed by atoms with Crippen LogP contribution in [0.2, 0.25) is 0 Å². The highest BCUT2D eigenvalue weighted by Crippen LogP contribution is 2.17. The van der Waals surface area contributed by atoms with Crippen LogP contribution in [0.25, 0.3) is 0 Å². The molecule has 2 rings (SSSR count). The first kappa shape index (κ1) is 14.3. The molecule has 0 aliphatic carbocycles. The highest BCUT2D eigenvalue weighted by molar-refractivity contribution is 9.10. The minimum atomic E-state index is 0.327. The van der Waals surface area contributed by atoms with Crippen LogP contribution in [-0.2, 0) is 20.0 Å². The van der Waals surface area contributed by atoms with Crippen molar-refractivity contribution in [1.29, 1.82) is 0 Å². The SMILES string of the molecule is CCc1cc(CN[C@@H](C)c2ccc(Br)cc2)n(C)n1. The van der Waals surface area contributed by atoms with Gasteiger partial charge in [-0.15, -0.1) is 0 Å². The average molecular weight is 322 g/mol. The van der Waals surface area contributed by atoms with Crippen molar-refractivity contribution in [2.45, 2.75) is 32.9 Å². The molecule has 0 saturated heterocycles. The van der Waals surface area contributed by atoms with Crippen molar-refractivity contribution in [2.75, 3.05) is 0 Å². The van der Waals surface area contributed by atoms with Crippen LogP contribution >= 0.6 is 15.9 Å². The van der Waals surface area contributed by atoms with E-state index < -0.39 is 0 Å². The zero-order chi connectivity index (χ0) is 13.8. The lowest BCUT2D eigenvalue weighted by Crippen LogP contribution is -2.19. The van der Waals surface area contributed by atoms with E-state index >= 15 is 0 Å². The molecule has 0 saturated carbocycles. The van der Waals surface area contributed by atoms with E-state index in [-0.39, 0.29) is 0 Å². The Morgan fingerprint density at radius 2 is 2.00 bits per heavy atom. The van der Waals surface area contributed by atoms with Crippen molar-refractivity contribution < 1.29 is 0 Å². The quantitative estimate of drug-likeness (QED) is 0.911. The first-order chi connectivity index (χ1) is 9.10. The smallest absolute Gasteiger partial charge is 0.0625 e. The van der Waals surface area contributed by atoms with Gasteiger partial charge in [0.05, 0.1) is 11.4 Å². The molecule has 4 heteroatoms. The molecule has 1 atom stereocenters. The Labute approximate surface area is 123 Å². The second kappa shape index (κ2) is 6.35. The van der Waals surface area contributed by atoms with Gasteiger partial charge in [0.1, 0.15) is 0 Å². The zero-order valence-electron chi connectivity index (χ0n) is 11.7. The van der Waals surface area contributed by atoms with E-state index in [4.69, 9.17) is 0 Å². The van der Waals surface area contributed by atoms with Gasteiger partial charge in [-0.1, -0.05) is 35.0 Å². The number of benzene rings is 1. The summed E-state index contributed by atoms with van der Waals surface area (Å²) in [4.78, 5) is 0. The van der Waals surface area contributed by atoms with Crippen molar-refractivity contribution >= 4 is 15.9 Å². The molecule has 3 nitrogen and oxygen atoms in total. The molecule has 1 heterocycles. The topological polar surface area (TPSA) is 29.9 Å². The lowest BCUT2D eigenvalue weighted by atomic mass is 10.1. The molecule has 1 aromatic heterocycles. The summed E-state index contributed by atoms with van der Waals surface area (Å²) in [5, 5.41) is 8.00. The van der Waals surface area contributed by atoms with Crippen LogP contribution in [0.3, 0.4) is 0 Å². The summed E-state index contributed by atoms with van der Waals surface area (Å²) >= 11 is 3.46. The number of aryl methyl sites for hydroxylation is 2. The molecule has 0 fully saturated rings. The largest absolute Gasteiger partial charge is 0.305 e. The van der Waals surface area contributed by atoms with Gasteiger partial charge in [0, 0.05) is 24.1 Å². The number of aromatic nitrogens is 2. The maximum Gasteiger partial charge on any atom is 0.0625 e.